The van der Waals surface area contributed by atoms with E-state index in [1.807, 2.05) is 31.0 Å². The summed E-state index contributed by atoms with van der Waals surface area (Å²) in [6.07, 6.45) is 2.41. The summed E-state index contributed by atoms with van der Waals surface area (Å²) in [5, 5.41) is 10.3. The largest absolute Gasteiger partial charge is 0.357 e. The van der Waals surface area contributed by atoms with Crippen LogP contribution in [0.1, 0.15) is 23.9 Å². The number of nitrogens with zero attached hydrogens (tertiary/aromatic N) is 5. The number of carbonyl (C=O) groups excluding carboxylic acids is 1. The molecule has 0 radical (unpaired) electrons. The minimum absolute atomic E-state index is 0.0729. The van der Waals surface area contributed by atoms with Crippen molar-refractivity contribution in [2.75, 3.05) is 19.6 Å². The molecule has 0 atom stereocenters. The van der Waals surface area contributed by atoms with Gasteiger partial charge in [-0.3, -0.25) is 9.48 Å². The van der Waals surface area contributed by atoms with Gasteiger partial charge in [0.2, 0.25) is 5.91 Å². The number of hydrogen-bond acceptors (Lipinski definition) is 4. The fourth-order valence-corrected chi connectivity index (χ4v) is 2.93. The molecule has 0 spiro atoms. The SMILES string of the molecule is CCNC(=NCc1ncnn1C)NCC(=O)N1CCc2ccccc2C1. The fourth-order valence-electron chi connectivity index (χ4n) is 2.93. The van der Waals surface area contributed by atoms with Crippen molar-refractivity contribution in [2.45, 2.75) is 26.4 Å². The van der Waals surface area contributed by atoms with Gasteiger partial charge in [-0.25, -0.2) is 9.98 Å². The molecule has 8 nitrogen and oxygen atoms in total. The number of fused-ring (bicyclic) bond motifs is 1. The van der Waals surface area contributed by atoms with E-state index in [2.05, 4.69) is 37.8 Å². The molecule has 0 saturated carbocycles. The number of aromatic nitrogens is 3. The van der Waals surface area contributed by atoms with E-state index in [1.165, 1.54) is 17.5 Å². The van der Waals surface area contributed by atoms with E-state index in [1.54, 1.807) is 4.68 Å². The first kappa shape index (κ1) is 17.9. The molecule has 1 aliphatic heterocycles. The second-order valence-corrected chi connectivity index (χ2v) is 6.18. The lowest BCUT2D eigenvalue weighted by Crippen LogP contribution is -2.46. The maximum absolute atomic E-state index is 12.6. The Balaban J connectivity index is 1.55. The van der Waals surface area contributed by atoms with E-state index in [4.69, 9.17) is 0 Å². The van der Waals surface area contributed by atoms with Crippen molar-refractivity contribution in [3.8, 4) is 0 Å². The van der Waals surface area contributed by atoms with Gasteiger partial charge in [-0.15, -0.1) is 0 Å². The van der Waals surface area contributed by atoms with Crippen LogP contribution in [0.25, 0.3) is 0 Å². The molecule has 26 heavy (non-hydrogen) atoms. The van der Waals surface area contributed by atoms with Crippen LogP contribution in [0, 0.1) is 0 Å². The topological polar surface area (TPSA) is 87.4 Å². The molecule has 3 rings (SSSR count). The summed E-state index contributed by atoms with van der Waals surface area (Å²) in [4.78, 5) is 23.1. The second-order valence-electron chi connectivity index (χ2n) is 6.18. The van der Waals surface area contributed by atoms with Gasteiger partial charge in [0.15, 0.2) is 5.96 Å². The average molecular weight is 355 g/mol. The van der Waals surface area contributed by atoms with Gasteiger partial charge < -0.3 is 15.5 Å². The van der Waals surface area contributed by atoms with Crippen molar-refractivity contribution in [3.05, 3.63) is 47.5 Å². The number of rotatable bonds is 5. The van der Waals surface area contributed by atoms with Gasteiger partial charge in [0.1, 0.15) is 18.7 Å². The lowest BCUT2D eigenvalue weighted by atomic mass is 10.00. The summed E-state index contributed by atoms with van der Waals surface area (Å²) in [5.41, 5.74) is 2.57. The Kier molecular flexibility index (Phi) is 5.83. The molecule has 2 heterocycles. The van der Waals surface area contributed by atoms with Crippen molar-refractivity contribution in [3.63, 3.8) is 0 Å². The van der Waals surface area contributed by atoms with E-state index in [0.717, 1.165) is 25.3 Å². The monoisotopic (exact) mass is 355 g/mol. The van der Waals surface area contributed by atoms with E-state index in [0.29, 0.717) is 19.0 Å². The fraction of sp³-hybridized carbons (Fsp3) is 0.444. The van der Waals surface area contributed by atoms with Gasteiger partial charge in [-0.1, -0.05) is 24.3 Å². The van der Waals surface area contributed by atoms with E-state index >= 15 is 0 Å². The minimum Gasteiger partial charge on any atom is -0.357 e. The maximum Gasteiger partial charge on any atom is 0.242 e. The van der Waals surface area contributed by atoms with Crippen molar-refractivity contribution in [1.29, 1.82) is 0 Å². The zero-order chi connectivity index (χ0) is 18.4. The summed E-state index contributed by atoms with van der Waals surface area (Å²) < 4.78 is 1.68. The lowest BCUT2D eigenvalue weighted by Gasteiger charge is -2.29. The predicted octanol–water partition coefficient (Wildman–Crippen LogP) is 0.455. The number of guanidine groups is 1. The highest BCUT2D eigenvalue weighted by atomic mass is 16.2. The maximum atomic E-state index is 12.6. The summed E-state index contributed by atoms with van der Waals surface area (Å²) in [5.74, 6) is 1.44. The Morgan fingerprint density at radius 1 is 1.27 bits per heavy atom. The zero-order valence-electron chi connectivity index (χ0n) is 15.3. The number of aryl methyl sites for hydroxylation is 1. The van der Waals surface area contributed by atoms with Crippen LogP contribution in [-0.4, -0.2) is 51.2 Å². The van der Waals surface area contributed by atoms with Crippen LogP contribution in [0.15, 0.2) is 35.6 Å². The number of benzene rings is 1. The molecule has 1 amide bonds. The quantitative estimate of drug-likeness (QED) is 0.601. The Bertz CT molecular complexity index is 783. The molecule has 1 aromatic carbocycles. The van der Waals surface area contributed by atoms with Crippen LogP contribution in [0.3, 0.4) is 0 Å². The van der Waals surface area contributed by atoms with Crippen LogP contribution in [0.5, 0.6) is 0 Å². The Morgan fingerprint density at radius 2 is 2.08 bits per heavy atom. The van der Waals surface area contributed by atoms with E-state index in [-0.39, 0.29) is 12.5 Å². The third-order valence-corrected chi connectivity index (χ3v) is 4.42. The Morgan fingerprint density at radius 3 is 2.81 bits per heavy atom. The molecule has 0 aliphatic carbocycles. The molecule has 0 saturated heterocycles. The standard InChI is InChI=1S/C18H25N7O/c1-3-19-18(20-10-16-22-13-23-24(16)2)21-11-17(26)25-9-8-14-6-4-5-7-15(14)12-25/h4-7,13H,3,8-12H2,1-2H3,(H2,19,20,21). The van der Waals surface area contributed by atoms with Gasteiger partial charge in [-0.05, 0) is 24.5 Å². The van der Waals surface area contributed by atoms with Crippen LogP contribution in [0.2, 0.25) is 0 Å². The van der Waals surface area contributed by atoms with E-state index < -0.39 is 0 Å². The van der Waals surface area contributed by atoms with Crippen LogP contribution >= 0.6 is 0 Å². The molecular formula is C18H25N7O. The van der Waals surface area contributed by atoms with Gasteiger partial charge >= 0.3 is 0 Å². The Hall–Kier alpha value is -2.90. The Labute approximate surface area is 153 Å². The third kappa shape index (κ3) is 4.38. The number of aliphatic imine (C=N–C) groups is 1. The molecular weight excluding hydrogens is 330 g/mol. The zero-order valence-corrected chi connectivity index (χ0v) is 15.3. The molecule has 1 aliphatic rings. The normalized spacial score (nSPS) is 14.1. The van der Waals surface area contributed by atoms with Crippen LogP contribution < -0.4 is 10.6 Å². The summed E-state index contributed by atoms with van der Waals surface area (Å²) in [7, 11) is 1.83. The van der Waals surface area contributed by atoms with Crippen LogP contribution in [-0.2, 0) is 31.4 Å². The molecule has 138 valence electrons. The van der Waals surface area contributed by atoms with Gasteiger partial charge in [0, 0.05) is 26.7 Å². The number of hydrogen-bond donors (Lipinski definition) is 2. The van der Waals surface area contributed by atoms with E-state index in [9.17, 15) is 4.79 Å². The number of nitrogens with one attached hydrogen (secondary N) is 2. The molecule has 1 aromatic heterocycles. The van der Waals surface area contributed by atoms with Crippen molar-refractivity contribution < 1.29 is 4.79 Å². The summed E-state index contributed by atoms with van der Waals surface area (Å²) >= 11 is 0. The molecule has 2 aromatic rings. The summed E-state index contributed by atoms with van der Waals surface area (Å²) in [6.45, 7) is 4.75. The molecule has 0 unspecified atom stereocenters. The van der Waals surface area contributed by atoms with Crippen molar-refractivity contribution in [1.82, 2.24) is 30.3 Å². The highest BCUT2D eigenvalue weighted by Crippen LogP contribution is 2.18. The first-order valence-corrected chi connectivity index (χ1v) is 8.87. The van der Waals surface area contributed by atoms with Crippen molar-refractivity contribution in [2.24, 2.45) is 12.0 Å². The molecule has 0 fully saturated rings. The van der Waals surface area contributed by atoms with Gasteiger partial charge in [-0.2, -0.15) is 5.10 Å². The molecule has 8 heteroatoms. The smallest absolute Gasteiger partial charge is 0.242 e. The first-order chi connectivity index (χ1) is 12.7. The average Bonchev–Trinajstić information content (AvgIpc) is 3.08. The lowest BCUT2D eigenvalue weighted by molar-refractivity contribution is -0.130. The third-order valence-electron chi connectivity index (χ3n) is 4.42. The first-order valence-electron chi connectivity index (χ1n) is 8.87. The van der Waals surface area contributed by atoms with Gasteiger partial charge in [0.25, 0.3) is 0 Å². The number of carbonyl (C=O) groups is 1. The highest BCUT2D eigenvalue weighted by molar-refractivity contribution is 5.86. The minimum atomic E-state index is 0.0729. The van der Waals surface area contributed by atoms with Crippen LogP contribution in [0.4, 0.5) is 0 Å². The van der Waals surface area contributed by atoms with Crippen molar-refractivity contribution >= 4 is 11.9 Å². The predicted molar refractivity (Wildman–Crippen MR) is 99.4 cm³/mol. The second kappa shape index (κ2) is 8.46. The number of amides is 1. The van der Waals surface area contributed by atoms with Gasteiger partial charge in [0.05, 0.1) is 6.54 Å². The summed E-state index contributed by atoms with van der Waals surface area (Å²) in [6, 6.07) is 8.30. The highest BCUT2D eigenvalue weighted by Gasteiger charge is 2.20. The molecule has 0 bridgehead atoms. The molecule has 2 N–H and O–H groups in total.